The monoisotopic (exact) mass is 352 g/mol. The van der Waals surface area contributed by atoms with Crippen LogP contribution in [0.5, 0.6) is 0 Å². The third kappa shape index (κ3) is 5.50. The normalized spacial score (nSPS) is 10.1. The fourth-order valence-corrected chi connectivity index (χ4v) is 3.00. The van der Waals surface area contributed by atoms with Gasteiger partial charge in [-0.05, 0) is 33.8 Å². The molecule has 0 aliphatic carbocycles. The molecule has 23 heavy (non-hydrogen) atoms. The first kappa shape index (κ1) is 17.2. The first-order valence-electron chi connectivity index (χ1n) is 6.78. The highest BCUT2D eigenvalue weighted by atomic mass is 32.1. The average molecular weight is 352 g/mol. The molecule has 0 spiro atoms. The predicted molar refractivity (Wildman–Crippen MR) is 88.4 cm³/mol. The molecule has 0 bridgehead atoms. The summed E-state index contributed by atoms with van der Waals surface area (Å²) in [6, 6.07) is 5.34. The van der Waals surface area contributed by atoms with Gasteiger partial charge in [0.1, 0.15) is 6.54 Å². The second kappa shape index (κ2) is 8.44. The van der Waals surface area contributed by atoms with Crippen LogP contribution in [0.3, 0.4) is 0 Å². The molecule has 122 valence electrons. The number of hydrogen-bond acceptors (Lipinski definition) is 6. The zero-order chi connectivity index (χ0) is 16.7. The third-order valence-corrected chi connectivity index (χ3v) is 4.52. The van der Waals surface area contributed by atoms with Gasteiger partial charge in [0.25, 0.3) is 11.8 Å². The predicted octanol–water partition coefficient (Wildman–Crippen LogP) is 1.74. The van der Waals surface area contributed by atoms with E-state index < -0.39 is 5.97 Å². The van der Waals surface area contributed by atoms with Gasteiger partial charge in [0.15, 0.2) is 6.61 Å². The molecule has 0 fully saturated rings. The fourth-order valence-electron chi connectivity index (χ4n) is 1.70. The molecule has 0 unspecified atom stereocenters. The molecule has 0 aliphatic rings. The summed E-state index contributed by atoms with van der Waals surface area (Å²) in [6.45, 7) is -0.137. The summed E-state index contributed by atoms with van der Waals surface area (Å²) >= 11 is 2.84. The van der Waals surface area contributed by atoms with Gasteiger partial charge in [-0.15, -0.1) is 11.3 Å². The van der Waals surface area contributed by atoms with Crippen LogP contribution in [0.15, 0.2) is 34.3 Å². The van der Waals surface area contributed by atoms with E-state index in [1.807, 2.05) is 16.8 Å². The lowest BCUT2D eigenvalue weighted by Crippen LogP contribution is -2.34. The molecule has 8 heteroatoms. The van der Waals surface area contributed by atoms with Crippen molar-refractivity contribution in [2.75, 3.05) is 20.2 Å². The minimum atomic E-state index is -0.646. The van der Waals surface area contributed by atoms with Crippen molar-refractivity contribution in [3.05, 3.63) is 44.8 Å². The van der Waals surface area contributed by atoms with E-state index >= 15 is 0 Å². The molecule has 0 atom stereocenters. The second-order valence-electron chi connectivity index (χ2n) is 4.70. The summed E-state index contributed by atoms with van der Waals surface area (Å²) < 4.78 is 4.87. The molecule has 2 heterocycles. The molecule has 0 saturated carbocycles. The maximum atomic E-state index is 11.9. The summed E-state index contributed by atoms with van der Waals surface area (Å²) in [5, 5.41) is 8.11. The Morgan fingerprint density at radius 1 is 1.26 bits per heavy atom. The Labute approximate surface area is 141 Å². The minimum Gasteiger partial charge on any atom is -0.454 e. The molecule has 6 nitrogen and oxygen atoms in total. The Balaban J connectivity index is 1.67. The highest BCUT2D eigenvalue weighted by molar-refractivity contribution is 7.12. The number of thiophene rings is 2. The molecule has 2 rings (SSSR count). The maximum Gasteiger partial charge on any atom is 0.325 e. The minimum absolute atomic E-state index is 0.266. The van der Waals surface area contributed by atoms with Gasteiger partial charge in [-0.3, -0.25) is 14.4 Å². The van der Waals surface area contributed by atoms with Crippen LogP contribution in [0.4, 0.5) is 0 Å². The Hall–Kier alpha value is -2.19. The number of ether oxygens (including phenoxy) is 1. The van der Waals surface area contributed by atoms with Gasteiger partial charge in [0.2, 0.25) is 0 Å². The number of carbonyl (C=O) groups excluding carboxylic acids is 3. The summed E-state index contributed by atoms with van der Waals surface area (Å²) in [6.07, 6.45) is 0. The zero-order valence-electron chi connectivity index (χ0n) is 12.5. The van der Waals surface area contributed by atoms with Crippen molar-refractivity contribution < 1.29 is 19.1 Å². The lowest BCUT2D eigenvalue weighted by molar-refractivity contribution is -0.150. The third-order valence-electron chi connectivity index (χ3n) is 2.92. The number of likely N-dealkylation sites (N-methyl/N-ethyl adjacent to an activating group) is 1. The molecule has 0 aliphatic heterocycles. The highest BCUT2D eigenvalue weighted by Gasteiger charge is 2.14. The molecule has 2 amide bonds. The molecular weight excluding hydrogens is 336 g/mol. The molecule has 2 aromatic heterocycles. The number of carbonyl (C=O) groups is 3. The summed E-state index contributed by atoms with van der Waals surface area (Å²) in [5.41, 5.74) is 1.03. The fraction of sp³-hybridized carbons (Fsp3) is 0.267. The van der Waals surface area contributed by atoms with Crippen molar-refractivity contribution in [3.63, 3.8) is 0 Å². The van der Waals surface area contributed by atoms with E-state index in [1.54, 1.807) is 35.9 Å². The summed E-state index contributed by atoms with van der Waals surface area (Å²) in [5.74, 6) is -1.28. The van der Waals surface area contributed by atoms with Gasteiger partial charge < -0.3 is 15.0 Å². The summed E-state index contributed by atoms with van der Waals surface area (Å²) in [7, 11) is 1.65. The molecule has 0 aromatic carbocycles. The first-order valence-corrected chi connectivity index (χ1v) is 8.61. The van der Waals surface area contributed by atoms with Crippen LogP contribution in [0.25, 0.3) is 0 Å². The van der Waals surface area contributed by atoms with E-state index in [4.69, 9.17) is 4.74 Å². The van der Waals surface area contributed by atoms with Gasteiger partial charge in [-0.1, -0.05) is 6.07 Å². The lowest BCUT2D eigenvalue weighted by atomic mass is 10.3. The van der Waals surface area contributed by atoms with Crippen LogP contribution in [0, 0.1) is 0 Å². The van der Waals surface area contributed by atoms with Crippen molar-refractivity contribution in [2.24, 2.45) is 0 Å². The Morgan fingerprint density at radius 2 is 2.09 bits per heavy atom. The van der Waals surface area contributed by atoms with E-state index in [0.29, 0.717) is 11.4 Å². The van der Waals surface area contributed by atoms with Gasteiger partial charge >= 0.3 is 5.97 Å². The molecule has 0 saturated heterocycles. The molecule has 2 aromatic rings. The van der Waals surface area contributed by atoms with Gasteiger partial charge in [-0.2, -0.15) is 11.3 Å². The van der Waals surface area contributed by atoms with Gasteiger partial charge in [0.05, 0.1) is 4.88 Å². The molecule has 0 radical (unpaired) electrons. The number of nitrogens with one attached hydrogen (secondary N) is 1. The van der Waals surface area contributed by atoms with Crippen molar-refractivity contribution in [1.29, 1.82) is 0 Å². The quantitative estimate of drug-likeness (QED) is 0.770. The van der Waals surface area contributed by atoms with Crippen molar-refractivity contribution in [3.8, 4) is 0 Å². The van der Waals surface area contributed by atoms with E-state index in [9.17, 15) is 14.4 Å². The van der Waals surface area contributed by atoms with E-state index in [0.717, 1.165) is 5.56 Å². The van der Waals surface area contributed by atoms with Crippen LogP contribution in [-0.4, -0.2) is 42.9 Å². The number of nitrogens with zero attached hydrogens (tertiary/aromatic N) is 1. The van der Waals surface area contributed by atoms with E-state index in [2.05, 4.69) is 5.32 Å². The van der Waals surface area contributed by atoms with Crippen LogP contribution in [0.1, 0.15) is 15.2 Å². The van der Waals surface area contributed by atoms with E-state index in [-0.39, 0.29) is 25.0 Å². The first-order chi connectivity index (χ1) is 11.1. The van der Waals surface area contributed by atoms with Gasteiger partial charge in [-0.25, -0.2) is 0 Å². The van der Waals surface area contributed by atoms with E-state index in [1.165, 1.54) is 16.2 Å². The van der Waals surface area contributed by atoms with Crippen LogP contribution in [-0.2, 0) is 20.9 Å². The number of esters is 1. The van der Waals surface area contributed by atoms with Crippen LogP contribution >= 0.6 is 22.7 Å². The number of hydrogen-bond donors (Lipinski definition) is 1. The summed E-state index contributed by atoms with van der Waals surface area (Å²) in [4.78, 5) is 37.1. The Morgan fingerprint density at radius 3 is 2.74 bits per heavy atom. The van der Waals surface area contributed by atoms with Crippen LogP contribution in [0.2, 0.25) is 0 Å². The smallest absolute Gasteiger partial charge is 0.325 e. The zero-order valence-corrected chi connectivity index (χ0v) is 14.1. The second-order valence-corrected chi connectivity index (χ2v) is 6.43. The van der Waals surface area contributed by atoms with Crippen molar-refractivity contribution in [1.82, 2.24) is 10.2 Å². The molecule has 1 N–H and O–H groups in total. The SMILES string of the molecule is CN(Cc1ccsc1)C(=O)COC(=O)CNC(=O)c1cccs1. The van der Waals surface area contributed by atoms with Crippen LogP contribution < -0.4 is 5.32 Å². The molecular formula is C15H16N2O4S2. The number of rotatable bonds is 7. The van der Waals surface area contributed by atoms with Crippen molar-refractivity contribution in [2.45, 2.75) is 6.54 Å². The topological polar surface area (TPSA) is 75.7 Å². The standard InChI is InChI=1S/C15H16N2O4S2/c1-17(8-11-4-6-22-10-11)13(18)9-21-14(19)7-16-15(20)12-3-2-5-23-12/h2-6,10H,7-9H2,1H3,(H,16,20). The largest absolute Gasteiger partial charge is 0.454 e. The number of amides is 2. The highest BCUT2D eigenvalue weighted by Crippen LogP contribution is 2.09. The van der Waals surface area contributed by atoms with Crippen molar-refractivity contribution >= 4 is 40.5 Å². The lowest BCUT2D eigenvalue weighted by Gasteiger charge is -2.16. The Kier molecular flexibility index (Phi) is 6.30. The Bertz CT molecular complexity index is 653. The average Bonchev–Trinajstić information content (AvgIpc) is 3.23. The van der Waals surface area contributed by atoms with Gasteiger partial charge in [0, 0.05) is 13.6 Å². The maximum absolute atomic E-state index is 11.9.